The summed E-state index contributed by atoms with van der Waals surface area (Å²) in [6.45, 7) is 1.98. The second-order valence-electron chi connectivity index (χ2n) is 3.00. The smallest absolute Gasteiger partial charge is 0.340 e. The third-order valence-corrected chi connectivity index (χ3v) is 2.62. The van der Waals surface area contributed by atoms with E-state index in [1.165, 1.54) is 19.2 Å². The summed E-state index contributed by atoms with van der Waals surface area (Å²) >= 11 is 0.902. The Kier molecular flexibility index (Phi) is 4.67. The lowest BCUT2D eigenvalue weighted by molar-refractivity contribution is 0.0527. The molecule has 5 nitrogen and oxygen atoms in total. The molecule has 0 atom stereocenters. The second kappa shape index (κ2) is 6.01. The fourth-order valence-electron chi connectivity index (χ4n) is 1.25. The third kappa shape index (κ3) is 3.04. The molecule has 0 radical (unpaired) electrons. The van der Waals surface area contributed by atoms with Crippen molar-refractivity contribution in [3.63, 3.8) is 0 Å². The summed E-state index contributed by atoms with van der Waals surface area (Å²) in [4.78, 5) is 12.1. The van der Waals surface area contributed by atoms with E-state index in [2.05, 4.69) is 0 Å². The van der Waals surface area contributed by atoms with E-state index in [0.717, 1.165) is 11.8 Å². The Hall–Kier alpha value is -1.87. The molecule has 0 heterocycles. The second-order valence-corrected chi connectivity index (χ2v) is 3.83. The topological polar surface area (TPSA) is 85.3 Å². The van der Waals surface area contributed by atoms with Gasteiger partial charge in [-0.3, -0.25) is 0 Å². The Balaban J connectivity index is 3.20. The summed E-state index contributed by atoms with van der Waals surface area (Å²) in [6, 6.07) is 3.01. The van der Waals surface area contributed by atoms with Crippen molar-refractivity contribution in [2.75, 3.05) is 19.5 Å². The van der Waals surface area contributed by atoms with Crippen molar-refractivity contribution in [3.8, 4) is 11.2 Å². The van der Waals surface area contributed by atoms with E-state index in [1.807, 2.05) is 5.40 Å². The maximum Gasteiger partial charge on any atom is 0.340 e. The highest BCUT2D eigenvalue weighted by Gasteiger charge is 2.15. The molecule has 0 fully saturated rings. The number of thiocyanates is 1. The number of carbonyl (C=O) groups excluding carboxylic acids is 1. The quantitative estimate of drug-likeness (QED) is 0.382. The molecular weight excluding hydrogens is 240 g/mol. The van der Waals surface area contributed by atoms with Crippen LogP contribution >= 0.6 is 11.8 Å². The summed E-state index contributed by atoms with van der Waals surface area (Å²) in [5, 5.41) is 10.6. The molecule has 1 aromatic rings. The van der Waals surface area contributed by atoms with Crippen molar-refractivity contribution in [2.24, 2.45) is 0 Å². The summed E-state index contributed by atoms with van der Waals surface area (Å²) in [5.74, 6) is -0.0467. The lowest BCUT2D eigenvalue weighted by Crippen LogP contribution is -2.08. The first-order chi connectivity index (χ1) is 8.13. The lowest BCUT2D eigenvalue weighted by atomic mass is 10.1. The van der Waals surface area contributed by atoms with E-state index in [9.17, 15) is 4.79 Å². The molecule has 90 valence electrons. The molecule has 1 aromatic carbocycles. The van der Waals surface area contributed by atoms with Gasteiger partial charge < -0.3 is 15.2 Å². The van der Waals surface area contributed by atoms with Crippen molar-refractivity contribution in [3.05, 3.63) is 17.7 Å². The van der Waals surface area contributed by atoms with Gasteiger partial charge >= 0.3 is 5.97 Å². The standard InChI is InChI=1S/C11H12N2O3S/c1-3-16-11(14)7-4-10(17-6-12)9(15-2)5-8(7)13/h4-5H,3,13H2,1-2H3. The summed E-state index contributed by atoms with van der Waals surface area (Å²) in [7, 11) is 1.47. The van der Waals surface area contributed by atoms with E-state index in [4.69, 9.17) is 20.5 Å². The van der Waals surface area contributed by atoms with Crippen LogP contribution in [0.25, 0.3) is 0 Å². The number of hydrogen-bond donors (Lipinski definition) is 1. The number of thioether (sulfide) groups is 1. The van der Waals surface area contributed by atoms with Crippen LogP contribution < -0.4 is 10.5 Å². The zero-order valence-electron chi connectivity index (χ0n) is 9.52. The first-order valence-electron chi connectivity index (χ1n) is 4.84. The molecule has 1 rings (SSSR count). The van der Waals surface area contributed by atoms with Crippen LogP contribution in [0.5, 0.6) is 5.75 Å². The average molecular weight is 252 g/mol. The number of ether oxygens (including phenoxy) is 2. The van der Waals surface area contributed by atoms with Crippen LogP contribution in [-0.4, -0.2) is 19.7 Å². The minimum Gasteiger partial charge on any atom is -0.495 e. The normalized spacial score (nSPS) is 9.47. The highest BCUT2D eigenvalue weighted by molar-refractivity contribution is 8.03. The predicted octanol–water partition coefficient (Wildman–Crippen LogP) is 2.03. The minimum absolute atomic E-state index is 0.241. The molecule has 0 saturated heterocycles. The van der Waals surface area contributed by atoms with Crippen molar-refractivity contribution < 1.29 is 14.3 Å². The van der Waals surface area contributed by atoms with Gasteiger partial charge in [0.2, 0.25) is 0 Å². The zero-order chi connectivity index (χ0) is 12.8. The van der Waals surface area contributed by atoms with Crippen molar-refractivity contribution >= 4 is 23.4 Å². The molecule has 0 aliphatic carbocycles. The van der Waals surface area contributed by atoms with Crippen LogP contribution in [0.3, 0.4) is 0 Å². The molecule has 0 amide bonds. The first-order valence-corrected chi connectivity index (χ1v) is 5.66. The maximum atomic E-state index is 11.6. The fraction of sp³-hybridized carbons (Fsp3) is 0.273. The highest BCUT2D eigenvalue weighted by Crippen LogP contribution is 2.33. The summed E-state index contributed by atoms with van der Waals surface area (Å²) in [5.41, 5.74) is 6.23. The van der Waals surface area contributed by atoms with Crippen LogP contribution in [-0.2, 0) is 4.74 Å². The van der Waals surface area contributed by atoms with Gasteiger partial charge in [-0.25, -0.2) is 4.79 Å². The molecule has 6 heteroatoms. The van der Waals surface area contributed by atoms with Crippen molar-refractivity contribution in [1.29, 1.82) is 5.26 Å². The lowest BCUT2D eigenvalue weighted by Gasteiger charge is -2.10. The van der Waals surface area contributed by atoms with Gasteiger partial charge in [0.15, 0.2) is 0 Å². The fourth-order valence-corrected chi connectivity index (χ4v) is 1.77. The van der Waals surface area contributed by atoms with Gasteiger partial charge in [-0.05, 0) is 24.8 Å². The summed E-state index contributed by atoms with van der Waals surface area (Å²) < 4.78 is 9.93. The number of nitrogens with two attached hydrogens (primary N) is 1. The summed E-state index contributed by atoms with van der Waals surface area (Å²) in [6.07, 6.45) is 0. The Bertz CT molecular complexity index is 469. The number of nitriles is 1. The van der Waals surface area contributed by atoms with Crippen LogP contribution in [0.4, 0.5) is 5.69 Å². The third-order valence-electron chi connectivity index (χ3n) is 1.99. The average Bonchev–Trinajstić information content (AvgIpc) is 2.31. The Labute approximate surface area is 104 Å². The highest BCUT2D eigenvalue weighted by atomic mass is 32.2. The van der Waals surface area contributed by atoms with Gasteiger partial charge in [0.05, 0.1) is 24.2 Å². The zero-order valence-corrected chi connectivity index (χ0v) is 10.3. The molecule has 0 aliphatic heterocycles. The molecule has 0 bridgehead atoms. The molecule has 0 spiro atoms. The number of benzene rings is 1. The van der Waals surface area contributed by atoms with E-state index < -0.39 is 5.97 Å². The Morgan fingerprint density at radius 1 is 1.59 bits per heavy atom. The van der Waals surface area contributed by atoms with Crippen LogP contribution in [0, 0.1) is 10.7 Å². The predicted molar refractivity (Wildman–Crippen MR) is 64.8 cm³/mol. The Morgan fingerprint density at radius 2 is 2.29 bits per heavy atom. The molecular formula is C11H12N2O3S. The molecule has 0 aromatic heterocycles. The van der Waals surface area contributed by atoms with E-state index in [0.29, 0.717) is 10.6 Å². The number of rotatable bonds is 4. The largest absolute Gasteiger partial charge is 0.495 e. The minimum atomic E-state index is -0.507. The van der Waals surface area contributed by atoms with Gasteiger partial charge in [-0.15, -0.1) is 0 Å². The van der Waals surface area contributed by atoms with Gasteiger partial charge in [-0.2, -0.15) is 5.26 Å². The van der Waals surface area contributed by atoms with Gasteiger partial charge in [-0.1, -0.05) is 0 Å². The molecule has 0 aliphatic rings. The van der Waals surface area contributed by atoms with Gasteiger partial charge in [0.25, 0.3) is 0 Å². The number of nitrogens with zero attached hydrogens (tertiary/aromatic N) is 1. The number of esters is 1. The molecule has 0 unspecified atom stereocenters. The van der Waals surface area contributed by atoms with Crippen LogP contribution in [0.1, 0.15) is 17.3 Å². The van der Waals surface area contributed by atoms with Crippen molar-refractivity contribution in [2.45, 2.75) is 11.8 Å². The SMILES string of the molecule is CCOC(=O)c1cc(SC#N)c(OC)cc1N. The van der Waals surface area contributed by atoms with E-state index in [-0.39, 0.29) is 17.9 Å². The van der Waals surface area contributed by atoms with Crippen LogP contribution in [0.2, 0.25) is 0 Å². The van der Waals surface area contributed by atoms with Gasteiger partial charge in [0.1, 0.15) is 11.2 Å². The van der Waals surface area contributed by atoms with Crippen LogP contribution in [0.15, 0.2) is 17.0 Å². The molecule has 0 saturated carbocycles. The maximum absolute atomic E-state index is 11.6. The van der Waals surface area contributed by atoms with Crippen molar-refractivity contribution in [1.82, 2.24) is 0 Å². The monoisotopic (exact) mass is 252 g/mol. The number of carbonyl (C=O) groups is 1. The number of nitrogen functional groups attached to an aromatic ring is 1. The molecule has 17 heavy (non-hydrogen) atoms. The number of anilines is 1. The first kappa shape index (κ1) is 13.2. The van der Waals surface area contributed by atoms with E-state index in [1.54, 1.807) is 6.92 Å². The number of methoxy groups -OCH3 is 1. The van der Waals surface area contributed by atoms with E-state index >= 15 is 0 Å². The molecule has 2 N–H and O–H groups in total. The number of hydrogen-bond acceptors (Lipinski definition) is 6. The van der Waals surface area contributed by atoms with Gasteiger partial charge in [0, 0.05) is 11.8 Å². The Morgan fingerprint density at radius 3 is 2.82 bits per heavy atom.